The summed E-state index contributed by atoms with van der Waals surface area (Å²) in [5.74, 6) is 1.54. The molecule has 0 N–H and O–H groups in total. The third kappa shape index (κ3) is 4.22. The van der Waals surface area contributed by atoms with E-state index in [-0.39, 0.29) is 0 Å². The Morgan fingerprint density at radius 3 is 2.60 bits per heavy atom. The molecule has 7 nitrogen and oxygen atoms in total. The van der Waals surface area contributed by atoms with E-state index in [1.165, 1.54) is 11.3 Å². The Hall–Kier alpha value is -2.29. The van der Waals surface area contributed by atoms with Gasteiger partial charge in [-0.3, -0.25) is 4.90 Å². The van der Waals surface area contributed by atoms with Gasteiger partial charge >= 0.3 is 0 Å². The van der Waals surface area contributed by atoms with E-state index in [0.29, 0.717) is 23.2 Å². The van der Waals surface area contributed by atoms with E-state index in [1.54, 1.807) is 12.4 Å². The molecule has 0 radical (unpaired) electrons. The van der Waals surface area contributed by atoms with E-state index in [9.17, 15) is 0 Å². The summed E-state index contributed by atoms with van der Waals surface area (Å²) >= 11 is 1.37. The molecule has 0 atom stereocenters. The molecule has 0 aliphatic carbocycles. The molecule has 0 unspecified atom stereocenters. The quantitative estimate of drug-likeness (QED) is 0.671. The van der Waals surface area contributed by atoms with Crippen LogP contribution in [0.5, 0.6) is 16.7 Å². The molecular weight excluding hydrogens is 340 g/mol. The van der Waals surface area contributed by atoms with Gasteiger partial charge in [0.15, 0.2) is 10.5 Å². The van der Waals surface area contributed by atoms with Gasteiger partial charge in [0, 0.05) is 32.0 Å². The van der Waals surface area contributed by atoms with E-state index in [0.717, 1.165) is 43.4 Å². The number of ether oxygens (including phenoxy) is 3. The van der Waals surface area contributed by atoms with E-state index in [4.69, 9.17) is 14.2 Å². The molecule has 0 amide bonds. The normalized spacial score (nSPS) is 15.4. The van der Waals surface area contributed by atoms with E-state index >= 15 is 0 Å². The second-order valence-electron chi connectivity index (χ2n) is 5.54. The molecule has 1 aliphatic heterocycles. The maximum absolute atomic E-state index is 5.79. The molecule has 1 fully saturated rings. The summed E-state index contributed by atoms with van der Waals surface area (Å²) in [6, 6.07) is 7.55. The summed E-state index contributed by atoms with van der Waals surface area (Å²) in [5.41, 5.74) is 0.602. The van der Waals surface area contributed by atoms with Crippen molar-refractivity contribution in [2.24, 2.45) is 0 Å². The highest BCUT2D eigenvalue weighted by molar-refractivity contribution is 7.19. The molecule has 25 heavy (non-hydrogen) atoms. The Morgan fingerprint density at radius 2 is 1.80 bits per heavy atom. The van der Waals surface area contributed by atoms with Gasteiger partial charge in [0.2, 0.25) is 0 Å². The Kier molecular flexibility index (Phi) is 5.01. The van der Waals surface area contributed by atoms with Crippen molar-refractivity contribution in [3.63, 3.8) is 0 Å². The monoisotopic (exact) mass is 358 g/mol. The van der Waals surface area contributed by atoms with Crippen molar-refractivity contribution in [1.82, 2.24) is 19.9 Å². The summed E-state index contributed by atoms with van der Waals surface area (Å²) in [4.78, 5) is 15.8. The van der Waals surface area contributed by atoms with Crippen LogP contribution in [-0.2, 0) is 4.74 Å². The van der Waals surface area contributed by atoms with Gasteiger partial charge in [-0.1, -0.05) is 11.3 Å². The Bertz CT molecular complexity index is 785. The maximum atomic E-state index is 5.79. The Balaban J connectivity index is 1.30. The van der Waals surface area contributed by atoms with Crippen LogP contribution in [0.3, 0.4) is 0 Å². The predicted molar refractivity (Wildman–Crippen MR) is 94.5 cm³/mol. The molecule has 1 aliphatic rings. The summed E-state index contributed by atoms with van der Waals surface area (Å²) < 4.78 is 16.9. The third-order valence-corrected chi connectivity index (χ3v) is 4.67. The van der Waals surface area contributed by atoms with Crippen molar-refractivity contribution in [1.29, 1.82) is 0 Å². The van der Waals surface area contributed by atoms with Gasteiger partial charge in [0.05, 0.1) is 13.2 Å². The number of fused-ring (bicyclic) bond motifs is 1. The maximum Gasteiger partial charge on any atom is 0.282 e. The molecule has 1 aromatic carbocycles. The van der Waals surface area contributed by atoms with Crippen LogP contribution < -0.4 is 9.47 Å². The number of thiazole rings is 1. The molecule has 3 aromatic rings. The number of nitrogens with zero attached hydrogens (tertiary/aromatic N) is 4. The molecule has 0 bridgehead atoms. The largest absolute Gasteiger partial charge is 0.492 e. The van der Waals surface area contributed by atoms with Gasteiger partial charge in [-0.05, 0) is 24.3 Å². The second-order valence-corrected chi connectivity index (χ2v) is 6.48. The first-order valence-electron chi connectivity index (χ1n) is 8.15. The van der Waals surface area contributed by atoms with Gasteiger partial charge in [-0.15, -0.1) is 0 Å². The zero-order chi connectivity index (χ0) is 16.9. The summed E-state index contributed by atoms with van der Waals surface area (Å²) in [6.45, 7) is 5.14. The van der Waals surface area contributed by atoms with Crippen LogP contribution in [-0.4, -0.2) is 59.3 Å². The van der Waals surface area contributed by atoms with Crippen molar-refractivity contribution < 1.29 is 14.2 Å². The number of morpholine rings is 1. The first kappa shape index (κ1) is 16.2. The molecule has 4 rings (SSSR count). The van der Waals surface area contributed by atoms with Crippen molar-refractivity contribution in [3.05, 3.63) is 36.7 Å². The smallest absolute Gasteiger partial charge is 0.282 e. The molecule has 0 spiro atoms. The second kappa shape index (κ2) is 7.73. The van der Waals surface area contributed by atoms with Gasteiger partial charge < -0.3 is 14.2 Å². The van der Waals surface area contributed by atoms with Gasteiger partial charge in [0.1, 0.15) is 18.1 Å². The van der Waals surface area contributed by atoms with Crippen LogP contribution in [0.15, 0.2) is 36.7 Å². The van der Waals surface area contributed by atoms with Crippen LogP contribution in [0.2, 0.25) is 0 Å². The fourth-order valence-electron chi connectivity index (χ4n) is 2.52. The topological polar surface area (TPSA) is 69.6 Å². The van der Waals surface area contributed by atoms with Crippen LogP contribution in [0, 0.1) is 0 Å². The van der Waals surface area contributed by atoms with Crippen LogP contribution >= 0.6 is 11.3 Å². The average molecular weight is 358 g/mol. The minimum atomic E-state index is 0.530. The number of rotatable bonds is 6. The summed E-state index contributed by atoms with van der Waals surface area (Å²) in [6.07, 6.45) is 3.27. The lowest BCUT2D eigenvalue weighted by molar-refractivity contribution is 0.0322. The molecule has 0 saturated carbocycles. The highest BCUT2D eigenvalue weighted by Crippen LogP contribution is 2.29. The number of benzene rings is 1. The van der Waals surface area contributed by atoms with Crippen LogP contribution in [0.25, 0.3) is 10.5 Å². The predicted octanol–water partition coefficient (Wildman–Crippen LogP) is 2.59. The zero-order valence-corrected chi connectivity index (χ0v) is 14.4. The molecular formula is C17H18N4O3S. The lowest BCUT2D eigenvalue weighted by atomic mass is 10.3. The minimum Gasteiger partial charge on any atom is -0.492 e. The highest BCUT2D eigenvalue weighted by Gasteiger charge is 2.10. The summed E-state index contributed by atoms with van der Waals surface area (Å²) in [5, 5.41) is 0.530. The fraction of sp³-hybridized carbons (Fsp3) is 0.353. The van der Waals surface area contributed by atoms with Crippen molar-refractivity contribution in [3.8, 4) is 16.7 Å². The number of aromatic nitrogens is 3. The van der Waals surface area contributed by atoms with Crippen molar-refractivity contribution >= 4 is 21.8 Å². The summed E-state index contributed by atoms with van der Waals surface area (Å²) in [7, 11) is 0. The van der Waals surface area contributed by atoms with Crippen LogP contribution in [0.1, 0.15) is 0 Å². The molecule has 1 saturated heterocycles. The SMILES string of the molecule is c1cnc2sc(Oc3ccc(OCCN4CCOCC4)cc3)nc2n1. The number of hydrogen-bond donors (Lipinski definition) is 0. The zero-order valence-electron chi connectivity index (χ0n) is 13.6. The Morgan fingerprint density at radius 1 is 1.04 bits per heavy atom. The molecule has 3 heterocycles. The van der Waals surface area contributed by atoms with Gasteiger partial charge in [0.25, 0.3) is 5.19 Å². The van der Waals surface area contributed by atoms with Crippen molar-refractivity contribution in [2.45, 2.75) is 0 Å². The first-order chi connectivity index (χ1) is 12.4. The van der Waals surface area contributed by atoms with E-state index < -0.39 is 0 Å². The average Bonchev–Trinajstić information content (AvgIpc) is 3.06. The van der Waals surface area contributed by atoms with Crippen LogP contribution in [0.4, 0.5) is 0 Å². The highest BCUT2D eigenvalue weighted by atomic mass is 32.1. The minimum absolute atomic E-state index is 0.530. The first-order valence-corrected chi connectivity index (χ1v) is 8.97. The van der Waals surface area contributed by atoms with Crippen molar-refractivity contribution in [2.75, 3.05) is 39.5 Å². The fourth-order valence-corrected chi connectivity index (χ4v) is 3.26. The van der Waals surface area contributed by atoms with E-state index in [1.807, 2.05) is 24.3 Å². The lowest BCUT2D eigenvalue weighted by Crippen LogP contribution is -2.38. The molecule has 2 aromatic heterocycles. The standard InChI is InChI=1S/C17H18N4O3S/c1-3-14(24-17-20-15-16(25-17)19-6-5-18-15)4-2-13(1)23-12-9-21-7-10-22-11-8-21/h1-6H,7-12H2. The molecule has 130 valence electrons. The third-order valence-electron chi connectivity index (χ3n) is 3.84. The molecule has 8 heteroatoms. The van der Waals surface area contributed by atoms with E-state index in [2.05, 4.69) is 19.9 Å². The lowest BCUT2D eigenvalue weighted by Gasteiger charge is -2.26. The Labute approximate surface area is 149 Å². The van der Waals surface area contributed by atoms with Gasteiger partial charge in [-0.2, -0.15) is 4.98 Å². The van der Waals surface area contributed by atoms with Gasteiger partial charge in [-0.25, -0.2) is 9.97 Å². The number of hydrogen-bond acceptors (Lipinski definition) is 8.